The van der Waals surface area contributed by atoms with Gasteiger partial charge in [0.1, 0.15) is 6.61 Å². The second-order valence-corrected chi connectivity index (χ2v) is 14.8. The predicted octanol–water partition coefficient (Wildman–Crippen LogP) is 12.5. The van der Waals surface area contributed by atoms with Gasteiger partial charge in [-0.05, 0) is 77.0 Å². The summed E-state index contributed by atoms with van der Waals surface area (Å²) >= 11 is 0. The van der Waals surface area contributed by atoms with Crippen LogP contribution in [-0.2, 0) is 28.2 Å². The van der Waals surface area contributed by atoms with Crippen molar-refractivity contribution in [1.29, 1.82) is 0 Å². The molecular weight excluding hydrogens is 675 g/mol. The van der Waals surface area contributed by atoms with Gasteiger partial charge >= 0.3 is 19.8 Å². The molecule has 0 aromatic heterocycles. The molecule has 0 saturated carbocycles. The van der Waals surface area contributed by atoms with Crippen LogP contribution in [0.15, 0.2) is 60.8 Å². The molecule has 0 aromatic rings. The molecule has 9 heteroatoms. The molecule has 52 heavy (non-hydrogen) atoms. The van der Waals surface area contributed by atoms with Crippen molar-refractivity contribution in [3.05, 3.63) is 60.8 Å². The Morgan fingerprint density at radius 1 is 0.519 bits per heavy atom. The van der Waals surface area contributed by atoms with Crippen molar-refractivity contribution in [3.63, 3.8) is 0 Å². The first-order valence-electron chi connectivity index (χ1n) is 20.6. The van der Waals surface area contributed by atoms with E-state index in [2.05, 4.69) is 79.1 Å². The number of rotatable bonds is 37. The summed E-state index contributed by atoms with van der Waals surface area (Å²) in [6, 6.07) is 0. The first-order valence-corrected chi connectivity index (χ1v) is 22.1. The van der Waals surface area contributed by atoms with Gasteiger partial charge in [0, 0.05) is 12.8 Å². The molecular formula is C43H75O8P. The first kappa shape index (κ1) is 49.8. The van der Waals surface area contributed by atoms with Crippen molar-refractivity contribution in [1.82, 2.24) is 0 Å². The zero-order chi connectivity index (χ0) is 38.2. The molecule has 0 bridgehead atoms. The maximum absolute atomic E-state index is 12.4. The predicted molar refractivity (Wildman–Crippen MR) is 216 cm³/mol. The summed E-state index contributed by atoms with van der Waals surface area (Å²) in [5.74, 6) is -0.912. The molecule has 8 nitrogen and oxygen atoms in total. The fourth-order valence-electron chi connectivity index (χ4n) is 5.48. The van der Waals surface area contributed by atoms with Crippen LogP contribution < -0.4 is 0 Å². The Labute approximate surface area is 317 Å². The monoisotopic (exact) mass is 751 g/mol. The molecule has 0 saturated heterocycles. The van der Waals surface area contributed by atoms with E-state index in [0.29, 0.717) is 12.8 Å². The van der Waals surface area contributed by atoms with Crippen LogP contribution in [0.1, 0.15) is 181 Å². The summed E-state index contributed by atoms with van der Waals surface area (Å²) in [7, 11) is -4.76. The standard InChI is InChI=1S/C43H75O8P/c1-3-5-7-9-11-13-15-17-19-20-21-22-24-26-28-30-32-34-36-38-43(45)51-41(40-50-52(46,47)48)39-49-42(44)37-35-33-31-29-27-25-23-18-16-14-12-10-8-6-4-2/h6,8,11-14,17-19,23,41H,3-5,7,9-10,15-16,20-22,24-40H2,1-2H3,(H2,46,47,48)/b8-6+,13-11+,14-12+,19-17+,23-18+/t41-/m1/s1. The second kappa shape index (κ2) is 38.5. The Bertz CT molecular complexity index is 1030. The highest BCUT2D eigenvalue weighted by atomic mass is 31.2. The van der Waals surface area contributed by atoms with Crippen molar-refractivity contribution in [2.24, 2.45) is 0 Å². The molecule has 0 fully saturated rings. The van der Waals surface area contributed by atoms with Crippen LogP contribution in [0.3, 0.4) is 0 Å². The summed E-state index contributed by atoms with van der Waals surface area (Å²) in [5.41, 5.74) is 0. The highest BCUT2D eigenvalue weighted by molar-refractivity contribution is 7.46. The van der Waals surface area contributed by atoms with Gasteiger partial charge in [-0.2, -0.15) is 0 Å². The SMILES string of the molecule is CC/C=C/C/C=C/C/C=C/CCCCCCCC(=O)OC[C@H](COP(=O)(O)O)OC(=O)CCCCCCCCCCC/C=C/C/C=C/CCCCC. The van der Waals surface area contributed by atoms with E-state index in [1.807, 2.05) is 0 Å². The molecule has 0 radical (unpaired) electrons. The third kappa shape index (κ3) is 40.5. The number of carbonyl (C=O) groups is 2. The highest BCUT2D eigenvalue weighted by Crippen LogP contribution is 2.36. The van der Waals surface area contributed by atoms with E-state index in [9.17, 15) is 14.2 Å². The van der Waals surface area contributed by atoms with Gasteiger partial charge in [-0.1, -0.05) is 152 Å². The third-order valence-corrected chi connectivity index (χ3v) is 9.01. The van der Waals surface area contributed by atoms with Crippen LogP contribution in [0, 0.1) is 0 Å². The Balaban J connectivity index is 3.95. The normalized spacial score (nSPS) is 13.1. The average Bonchev–Trinajstić information content (AvgIpc) is 3.11. The Morgan fingerprint density at radius 2 is 0.923 bits per heavy atom. The molecule has 0 amide bonds. The van der Waals surface area contributed by atoms with Crippen LogP contribution >= 0.6 is 7.82 Å². The number of phosphoric acid groups is 1. The lowest BCUT2D eigenvalue weighted by Gasteiger charge is -2.18. The summed E-state index contributed by atoms with van der Waals surface area (Å²) in [5, 5.41) is 0. The Morgan fingerprint density at radius 3 is 1.38 bits per heavy atom. The minimum Gasteiger partial charge on any atom is -0.462 e. The molecule has 0 aromatic carbocycles. The van der Waals surface area contributed by atoms with Gasteiger partial charge in [-0.25, -0.2) is 4.57 Å². The molecule has 2 N–H and O–H groups in total. The smallest absolute Gasteiger partial charge is 0.462 e. The van der Waals surface area contributed by atoms with Crippen LogP contribution in [0.5, 0.6) is 0 Å². The van der Waals surface area contributed by atoms with Gasteiger partial charge in [-0.3, -0.25) is 14.1 Å². The quantitative estimate of drug-likeness (QED) is 0.0279. The van der Waals surface area contributed by atoms with Crippen molar-refractivity contribution >= 4 is 19.8 Å². The number of phosphoric ester groups is 1. The highest BCUT2D eigenvalue weighted by Gasteiger charge is 2.22. The minimum atomic E-state index is -4.76. The van der Waals surface area contributed by atoms with E-state index >= 15 is 0 Å². The van der Waals surface area contributed by atoms with Crippen molar-refractivity contribution in [2.75, 3.05) is 13.2 Å². The summed E-state index contributed by atoms with van der Waals surface area (Å²) < 4.78 is 26.4. The number of unbranched alkanes of at least 4 members (excludes halogenated alkanes) is 17. The molecule has 0 unspecified atom stereocenters. The first-order chi connectivity index (χ1) is 25.3. The fourth-order valence-corrected chi connectivity index (χ4v) is 5.84. The molecule has 0 spiro atoms. The van der Waals surface area contributed by atoms with Gasteiger partial charge in [0.25, 0.3) is 0 Å². The molecule has 0 heterocycles. The average molecular weight is 751 g/mol. The van der Waals surface area contributed by atoms with Crippen molar-refractivity contribution < 1.29 is 37.9 Å². The lowest BCUT2D eigenvalue weighted by atomic mass is 10.1. The molecule has 0 rings (SSSR count). The maximum atomic E-state index is 12.4. The lowest BCUT2D eigenvalue weighted by Crippen LogP contribution is -2.29. The largest absolute Gasteiger partial charge is 0.469 e. The minimum absolute atomic E-state index is 0.201. The van der Waals surface area contributed by atoms with Gasteiger partial charge in [0.15, 0.2) is 6.10 Å². The van der Waals surface area contributed by atoms with Crippen LogP contribution in [0.4, 0.5) is 0 Å². The van der Waals surface area contributed by atoms with Gasteiger partial charge < -0.3 is 19.3 Å². The summed E-state index contributed by atoms with van der Waals surface area (Å²) in [6.07, 6.45) is 47.9. The number of hydrogen-bond acceptors (Lipinski definition) is 6. The molecule has 1 atom stereocenters. The molecule has 0 aliphatic heterocycles. The van der Waals surface area contributed by atoms with E-state index < -0.39 is 32.5 Å². The zero-order valence-electron chi connectivity index (χ0n) is 32.9. The van der Waals surface area contributed by atoms with E-state index in [0.717, 1.165) is 83.5 Å². The topological polar surface area (TPSA) is 119 Å². The zero-order valence-corrected chi connectivity index (χ0v) is 33.8. The number of carbonyl (C=O) groups excluding carboxylic acids is 2. The molecule has 0 aliphatic rings. The summed E-state index contributed by atoms with van der Waals surface area (Å²) in [4.78, 5) is 42.8. The number of ether oxygens (including phenoxy) is 2. The van der Waals surface area contributed by atoms with Crippen molar-refractivity contribution in [2.45, 2.75) is 187 Å². The lowest BCUT2D eigenvalue weighted by molar-refractivity contribution is -0.161. The molecule has 0 aliphatic carbocycles. The van der Waals surface area contributed by atoms with Crippen LogP contribution in [0.2, 0.25) is 0 Å². The van der Waals surface area contributed by atoms with Gasteiger partial charge in [-0.15, -0.1) is 0 Å². The van der Waals surface area contributed by atoms with Crippen LogP contribution in [0.25, 0.3) is 0 Å². The van der Waals surface area contributed by atoms with Gasteiger partial charge in [0.05, 0.1) is 6.61 Å². The van der Waals surface area contributed by atoms with E-state index in [1.54, 1.807) is 0 Å². The Kier molecular flexibility index (Phi) is 36.8. The van der Waals surface area contributed by atoms with Crippen LogP contribution in [-0.4, -0.2) is 41.0 Å². The van der Waals surface area contributed by atoms with E-state index in [-0.39, 0.29) is 19.4 Å². The van der Waals surface area contributed by atoms with E-state index in [4.69, 9.17) is 19.3 Å². The number of allylic oxidation sites excluding steroid dienone is 10. The number of hydrogen-bond donors (Lipinski definition) is 2. The second-order valence-electron chi connectivity index (χ2n) is 13.6. The third-order valence-electron chi connectivity index (χ3n) is 8.52. The summed E-state index contributed by atoms with van der Waals surface area (Å²) in [6.45, 7) is 3.53. The Hall–Kier alpha value is -2.25. The number of esters is 2. The van der Waals surface area contributed by atoms with Crippen molar-refractivity contribution in [3.8, 4) is 0 Å². The fraction of sp³-hybridized carbons (Fsp3) is 0.721. The molecule has 300 valence electrons. The maximum Gasteiger partial charge on any atom is 0.469 e. The van der Waals surface area contributed by atoms with Gasteiger partial charge in [0.2, 0.25) is 0 Å². The van der Waals surface area contributed by atoms with E-state index in [1.165, 1.54) is 57.8 Å².